The first-order chi connectivity index (χ1) is 13.3. The summed E-state index contributed by atoms with van der Waals surface area (Å²) in [6.07, 6.45) is 3.65. The van der Waals surface area contributed by atoms with Crippen molar-refractivity contribution in [3.63, 3.8) is 0 Å². The van der Waals surface area contributed by atoms with Crippen molar-refractivity contribution in [2.45, 2.75) is 44.7 Å². The molecule has 8 heteroatoms. The molecule has 0 atom stereocenters. The van der Waals surface area contributed by atoms with Crippen LogP contribution in [0.3, 0.4) is 0 Å². The summed E-state index contributed by atoms with van der Waals surface area (Å²) in [4.78, 5) is 19.0. The van der Waals surface area contributed by atoms with Gasteiger partial charge in [-0.25, -0.2) is 9.37 Å². The van der Waals surface area contributed by atoms with E-state index < -0.39 is 5.82 Å². The number of hydrogen-bond acceptors (Lipinski definition) is 4. The number of aromatic nitrogens is 1. The highest BCUT2D eigenvalue weighted by Gasteiger charge is 2.23. The Kier molecular flexibility index (Phi) is 8.11. The Morgan fingerprint density at radius 2 is 1.79 bits per heavy atom. The Labute approximate surface area is 182 Å². The van der Waals surface area contributed by atoms with Crippen LogP contribution in [0.5, 0.6) is 0 Å². The Bertz CT molecular complexity index is 855. The van der Waals surface area contributed by atoms with Crippen molar-refractivity contribution < 1.29 is 9.18 Å². The van der Waals surface area contributed by atoms with Gasteiger partial charge in [0.05, 0.1) is 5.02 Å². The average Bonchev–Trinajstić information content (AvgIpc) is 2.65. The topological polar surface area (TPSA) is 57.3 Å². The van der Waals surface area contributed by atoms with Gasteiger partial charge in [-0.3, -0.25) is 4.79 Å². The van der Waals surface area contributed by atoms with Crippen molar-refractivity contribution in [1.82, 2.24) is 10.3 Å². The maximum Gasteiger partial charge on any atom is 0.251 e. The van der Waals surface area contributed by atoms with Crippen LogP contribution in [-0.4, -0.2) is 37.1 Å². The van der Waals surface area contributed by atoms with Gasteiger partial charge in [0.15, 0.2) is 0 Å². The smallest absolute Gasteiger partial charge is 0.251 e. The van der Waals surface area contributed by atoms with Gasteiger partial charge in [0.2, 0.25) is 0 Å². The van der Waals surface area contributed by atoms with E-state index in [-0.39, 0.29) is 29.4 Å². The molecule has 1 fully saturated rings. The zero-order valence-electron chi connectivity index (χ0n) is 16.8. The molecule has 0 unspecified atom stereocenters. The number of nitrogens with zero attached hydrogens (tertiary/aromatic N) is 2. The minimum absolute atomic E-state index is 0. The molecule has 3 rings (SSSR count). The maximum absolute atomic E-state index is 13.3. The van der Waals surface area contributed by atoms with Crippen LogP contribution < -0.4 is 15.5 Å². The molecule has 29 heavy (non-hydrogen) atoms. The van der Waals surface area contributed by atoms with Gasteiger partial charge >= 0.3 is 0 Å². The van der Waals surface area contributed by atoms with Crippen molar-refractivity contribution in [3.05, 3.63) is 52.4 Å². The van der Waals surface area contributed by atoms with Crippen molar-refractivity contribution in [1.29, 1.82) is 0 Å². The molecule has 0 bridgehead atoms. The summed E-state index contributed by atoms with van der Waals surface area (Å²) in [5, 5.41) is 6.52. The van der Waals surface area contributed by atoms with Crippen molar-refractivity contribution >= 4 is 41.4 Å². The average molecular weight is 441 g/mol. The second-order valence-electron chi connectivity index (χ2n) is 7.54. The van der Waals surface area contributed by atoms with Crippen LogP contribution in [0, 0.1) is 12.7 Å². The van der Waals surface area contributed by atoms with E-state index in [1.54, 1.807) is 0 Å². The molecule has 2 N–H and O–H groups in total. The molecule has 1 aliphatic rings. The summed E-state index contributed by atoms with van der Waals surface area (Å²) in [6.45, 7) is 1.99. The van der Waals surface area contributed by atoms with Gasteiger partial charge in [0, 0.05) is 49.2 Å². The fourth-order valence-electron chi connectivity index (χ4n) is 3.48. The summed E-state index contributed by atoms with van der Waals surface area (Å²) >= 11 is 5.77. The molecule has 1 aromatic heterocycles. The van der Waals surface area contributed by atoms with Gasteiger partial charge in [0.1, 0.15) is 11.6 Å². The largest absolute Gasteiger partial charge is 0.377 e. The molecular weight excluding hydrogens is 414 g/mol. The number of benzene rings is 1. The maximum atomic E-state index is 13.3. The first-order valence-corrected chi connectivity index (χ1v) is 9.88. The van der Waals surface area contributed by atoms with Crippen LogP contribution in [0.4, 0.5) is 15.9 Å². The van der Waals surface area contributed by atoms with E-state index in [4.69, 9.17) is 11.6 Å². The van der Waals surface area contributed by atoms with Crippen LogP contribution in [0.2, 0.25) is 5.02 Å². The lowest BCUT2D eigenvalue weighted by molar-refractivity contribution is 0.0926. The first-order valence-electron chi connectivity index (χ1n) is 9.50. The highest BCUT2D eigenvalue weighted by atomic mass is 35.5. The van der Waals surface area contributed by atoms with Gasteiger partial charge in [-0.1, -0.05) is 11.6 Å². The molecule has 0 saturated heterocycles. The Balaban J connectivity index is 0.00000300. The number of anilines is 2. The molecule has 1 saturated carbocycles. The number of amides is 1. The van der Waals surface area contributed by atoms with Crippen molar-refractivity contribution in [2.75, 3.05) is 24.3 Å². The lowest BCUT2D eigenvalue weighted by atomic mass is 9.91. The van der Waals surface area contributed by atoms with Crippen LogP contribution in [0.25, 0.3) is 0 Å². The van der Waals surface area contributed by atoms with E-state index in [9.17, 15) is 9.18 Å². The summed E-state index contributed by atoms with van der Waals surface area (Å²) in [5.74, 6) is 0.151. The molecule has 1 aliphatic carbocycles. The first kappa shape index (κ1) is 23.2. The van der Waals surface area contributed by atoms with E-state index in [1.165, 1.54) is 18.2 Å². The summed E-state index contributed by atoms with van der Waals surface area (Å²) < 4.78 is 13.3. The van der Waals surface area contributed by atoms with Crippen LogP contribution >= 0.6 is 24.0 Å². The van der Waals surface area contributed by atoms with Gasteiger partial charge in [0.25, 0.3) is 5.91 Å². The molecule has 0 spiro atoms. The molecule has 0 radical (unpaired) electrons. The number of halogens is 3. The SMILES string of the molecule is Cc1cc(N(C)C)cc(N[C@H]2CC[C@@H](NC(=O)c3ccc(F)c(Cl)c3)CC2)n1.Cl. The third-order valence-electron chi connectivity index (χ3n) is 5.05. The molecule has 158 valence electrons. The summed E-state index contributed by atoms with van der Waals surface area (Å²) in [7, 11) is 4.03. The van der Waals surface area contributed by atoms with E-state index in [0.717, 1.165) is 42.9 Å². The van der Waals surface area contributed by atoms with Crippen LogP contribution in [0.1, 0.15) is 41.7 Å². The number of carbonyl (C=O) groups is 1. The minimum Gasteiger partial charge on any atom is -0.377 e. The molecule has 1 heterocycles. The zero-order valence-corrected chi connectivity index (χ0v) is 18.4. The molecule has 2 aromatic rings. The molecule has 1 aromatic carbocycles. The summed E-state index contributed by atoms with van der Waals surface area (Å²) in [5.41, 5.74) is 2.48. The number of pyridine rings is 1. The van der Waals surface area contributed by atoms with Crippen LogP contribution in [0.15, 0.2) is 30.3 Å². The minimum atomic E-state index is -0.521. The van der Waals surface area contributed by atoms with E-state index in [1.807, 2.05) is 21.0 Å². The second kappa shape index (κ2) is 10.1. The number of nitrogens with one attached hydrogen (secondary N) is 2. The predicted molar refractivity (Wildman–Crippen MR) is 119 cm³/mol. The fourth-order valence-corrected chi connectivity index (χ4v) is 3.66. The molecular formula is C21H27Cl2FN4O. The Morgan fingerprint density at radius 3 is 2.41 bits per heavy atom. The van der Waals surface area contributed by atoms with E-state index >= 15 is 0 Å². The van der Waals surface area contributed by atoms with Gasteiger partial charge in [-0.15, -0.1) is 12.4 Å². The van der Waals surface area contributed by atoms with Gasteiger partial charge in [-0.2, -0.15) is 0 Å². The normalized spacial score (nSPS) is 18.5. The van der Waals surface area contributed by atoms with E-state index in [0.29, 0.717) is 11.6 Å². The highest BCUT2D eigenvalue weighted by molar-refractivity contribution is 6.31. The highest BCUT2D eigenvalue weighted by Crippen LogP contribution is 2.24. The van der Waals surface area contributed by atoms with Crippen LogP contribution in [-0.2, 0) is 0 Å². The lowest BCUT2D eigenvalue weighted by Crippen LogP contribution is -2.40. The molecule has 0 aliphatic heterocycles. The monoisotopic (exact) mass is 440 g/mol. The molecule has 5 nitrogen and oxygen atoms in total. The number of aryl methyl sites for hydroxylation is 1. The predicted octanol–water partition coefficient (Wildman–Crippen LogP) is 4.82. The second-order valence-corrected chi connectivity index (χ2v) is 7.95. The summed E-state index contributed by atoms with van der Waals surface area (Å²) in [6, 6.07) is 8.59. The Morgan fingerprint density at radius 1 is 1.14 bits per heavy atom. The fraction of sp³-hybridized carbons (Fsp3) is 0.429. The standard InChI is InChI=1S/C21H26ClFN4O.ClH/c1-13-10-17(27(2)3)12-20(24-13)25-15-5-7-16(8-6-15)26-21(28)14-4-9-19(23)18(22)11-14;/h4,9-12,15-16H,5-8H2,1-3H3,(H,24,25)(H,26,28);1H/t15-,16+;. The number of carbonyl (C=O) groups excluding carboxylic acids is 1. The third kappa shape index (κ3) is 6.21. The van der Waals surface area contributed by atoms with Gasteiger partial charge < -0.3 is 15.5 Å². The van der Waals surface area contributed by atoms with Gasteiger partial charge in [-0.05, 0) is 56.9 Å². The lowest BCUT2D eigenvalue weighted by Gasteiger charge is -2.30. The third-order valence-corrected chi connectivity index (χ3v) is 5.34. The Hall–Kier alpha value is -2.05. The van der Waals surface area contributed by atoms with E-state index in [2.05, 4.69) is 32.7 Å². The zero-order chi connectivity index (χ0) is 20.3. The quantitative estimate of drug-likeness (QED) is 0.699. The van der Waals surface area contributed by atoms with Crippen molar-refractivity contribution in [3.8, 4) is 0 Å². The number of rotatable bonds is 5. The number of hydrogen-bond donors (Lipinski definition) is 2. The molecule has 1 amide bonds. The van der Waals surface area contributed by atoms with Crippen molar-refractivity contribution in [2.24, 2.45) is 0 Å².